The lowest BCUT2D eigenvalue weighted by molar-refractivity contribution is 0.251. The summed E-state index contributed by atoms with van der Waals surface area (Å²) >= 11 is 0. The summed E-state index contributed by atoms with van der Waals surface area (Å²) in [6, 6.07) is 14.7. The van der Waals surface area contributed by atoms with E-state index in [2.05, 4.69) is 61.9 Å². The number of pyridine rings is 1. The van der Waals surface area contributed by atoms with E-state index < -0.39 is 0 Å². The third-order valence-electron chi connectivity index (χ3n) is 5.26. The number of aliphatic imine (C=N–C) groups is 1. The molecule has 0 saturated carbocycles. The highest BCUT2D eigenvalue weighted by Gasteiger charge is 2.14. The van der Waals surface area contributed by atoms with Crippen molar-refractivity contribution in [3.05, 3.63) is 65.6 Å². The Balaban J connectivity index is 0.00000256. The Morgan fingerprint density at radius 1 is 1.07 bits per heavy atom. The van der Waals surface area contributed by atoms with Crippen molar-refractivity contribution in [1.29, 1.82) is 0 Å². The zero-order chi connectivity index (χ0) is 19.9. The van der Waals surface area contributed by atoms with E-state index in [0.717, 1.165) is 63.0 Å². The molecule has 8 heteroatoms. The summed E-state index contributed by atoms with van der Waals surface area (Å²) < 4.78 is 1.97. The third kappa shape index (κ3) is 5.69. The molecule has 0 spiro atoms. The molecule has 30 heavy (non-hydrogen) atoms. The van der Waals surface area contributed by atoms with Crippen molar-refractivity contribution < 1.29 is 0 Å². The number of benzene rings is 1. The Morgan fingerprint density at radius 2 is 1.90 bits per heavy atom. The van der Waals surface area contributed by atoms with Crippen LogP contribution in [0, 0.1) is 0 Å². The fraction of sp³-hybridized carbons (Fsp3) is 0.409. The van der Waals surface area contributed by atoms with Crippen LogP contribution in [0.2, 0.25) is 0 Å². The van der Waals surface area contributed by atoms with Crippen LogP contribution in [0.5, 0.6) is 0 Å². The SMILES string of the molecule is CCNC(=NCc1nnc2ccccn12)NCCCN1CCc2ccccc2C1.I. The van der Waals surface area contributed by atoms with Gasteiger partial charge in [-0.15, -0.1) is 34.2 Å². The van der Waals surface area contributed by atoms with Crippen LogP contribution in [0.15, 0.2) is 53.7 Å². The maximum atomic E-state index is 4.68. The number of halogens is 1. The first-order valence-electron chi connectivity index (χ1n) is 10.4. The molecule has 0 aliphatic carbocycles. The normalized spacial score (nSPS) is 14.2. The van der Waals surface area contributed by atoms with E-state index in [1.54, 1.807) is 0 Å². The van der Waals surface area contributed by atoms with Gasteiger partial charge in [-0.1, -0.05) is 30.3 Å². The molecule has 0 saturated heterocycles. The van der Waals surface area contributed by atoms with Crippen LogP contribution in [-0.4, -0.2) is 51.6 Å². The highest BCUT2D eigenvalue weighted by atomic mass is 127. The summed E-state index contributed by atoms with van der Waals surface area (Å²) in [5.74, 6) is 1.66. The average Bonchev–Trinajstić information content (AvgIpc) is 3.18. The summed E-state index contributed by atoms with van der Waals surface area (Å²) in [4.78, 5) is 7.22. The second kappa shape index (κ2) is 11.3. The van der Waals surface area contributed by atoms with E-state index in [4.69, 9.17) is 0 Å². The number of fused-ring (bicyclic) bond motifs is 2. The van der Waals surface area contributed by atoms with Gasteiger partial charge in [0.05, 0.1) is 0 Å². The molecule has 0 radical (unpaired) electrons. The molecule has 3 heterocycles. The number of rotatable bonds is 7. The molecule has 0 atom stereocenters. The molecule has 160 valence electrons. The fourth-order valence-electron chi connectivity index (χ4n) is 3.74. The van der Waals surface area contributed by atoms with Crippen molar-refractivity contribution >= 4 is 35.6 Å². The summed E-state index contributed by atoms with van der Waals surface area (Å²) in [5.41, 5.74) is 3.82. The molecular weight excluding hydrogens is 489 g/mol. The van der Waals surface area contributed by atoms with Crippen molar-refractivity contribution in [2.24, 2.45) is 4.99 Å². The summed E-state index contributed by atoms with van der Waals surface area (Å²) in [5, 5.41) is 15.2. The van der Waals surface area contributed by atoms with Gasteiger partial charge in [-0.25, -0.2) is 4.99 Å². The number of aromatic nitrogens is 3. The van der Waals surface area contributed by atoms with Crippen molar-refractivity contribution in [2.75, 3.05) is 26.2 Å². The number of nitrogens with one attached hydrogen (secondary N) is 2. The van der Waals surface area contributed by atoms with Crippen molar-refractivity contribution in [3.63, 3.8) is 0 Å². The van der Waals surface area contributed by atoms with Crippen molar-refractivity contribution in [1.82, 2.24) is 30.1 Å². The number of hydrogen-bond acceptors (Lipinski definition) is 4. The van der Waals surface area contributed by atoms with Gasteiger partial charge in [-0.3, -0.25) is 9.30 Å². The average molecular weight is 519 g/mol. The zero-order valence-corrected chi connectivity index (χ0v) is 19.8. The monoisotopic (exact) mass is 519 g/mol. The summed E-state index contributed by atoms with van der Waals surface area (Å²) in [6.45, 7) is 7.59. The highest BCUT2D eigenvalue weighted by molar-refractivity contribution is 14.0. The van der Waals surface area contributed by atoms with E-state index in [1.807, 2.05) is 28.8 Å². The number of nitrogens with zero attached hydrogens (tertiary/aromatic N) is 5. The van der Waals surface area contributed by atoms with Gasteiger partial charge in [0.15, 0.2) is 17.4 Å². The van der Waals surface area contributed by atoms with Gasteiger partial charge < -0.3 is 10.6 Å². The minimum Gasteiger partial charge on any atom is -0.357 e. The van der Waals surface area contributed by atoms with Crippen LogP contribution < -0.4 is 10.6 Å². The molecule has 3 aromatic rings. The van der Waals surface area contributed by atoms with E-state index in [0.29, 0.717) is 6.54 Å². The minimum absolute atomic E-state index is 0. The first-order chi connectivity index (χ1) is 14.3. The molecule has 7 nitrogen and oxygen atoms in total. The summed E-state index contributed by atoms with van der Waals surface area (Å²) in [6.07, 6.45) is 4.21. The van der Waals surface area contributed by atoms with Crippen LogP contribution in [0.1, 0.15) is 30.3 Å². The molecule has 0 fully saturated rings. The largest absolute Gasteiger partial charge is 0.357 e. The summed E-state index contributed by atoms with van der Waals surface area (Å²) in [7, 11) is 0. The quantitative estimate of drug-likeness (QED) is 0.218. The Bertz CT molecular complexity index is 969. The predicted molar refractivity (Wildman–Crippen MR) is 131 cm³/mol. The lowest BCUT2D eigenvalue weighted by atomic mass is 10.00. The van der Waals surface area contributed by atoms with Crippen LogP contribution in [-0.2, 0) is 19.5 Å². The standard InChI is InChI=1S/C22H29N7.HI/c1-2-23-22(25-16-21-27-26-20-10-5-6-14-29(20)21)24-12-7-13-28-15-11-18-8-3-4-9-19(18)17-28;/h3-6,8-10,14H,2,7,11-13,15-17H2,1H3,(H2,23,24,25);1H. The highest BCUT2D eigenvalue weighted by Crippen LogP contribution is 2.18. The lowest BCUT2D eigenvalue weighted by Gasteiger charge is -2.28. The maximum Gasteiger partial charge on any atom is 0.191 e. The van der Waals surface area contributed by atoms with Crippen LogP contribution >= 0.6 is 24.0 Å². The molecule has 2 N–H and O–H groups in total. The van der Waals surface area contributed by atoms with E-state index in [1.165, 1.54) is 11.1 Å². The molecule has 0 unspecified atom stereocenters. The molecule has 1 aromatic carbocycles. The lowest BCUT2D eigenvalue weighted by Crippen LogP contribution is -2.39. The molecule has 1 aliphatic rings. The molecule has 0 bridgehead atoms. The number of hydrogen-bond donors (Lipinski definition) is 2. The van der Waals surface area contributed by atoms with Gasteiger partial charge in [0.25, 0.3) is 0 Å². The van der Waals surface area contributed by atoms with Gasteiger partial charge in [0.1, 0.15) is 6.54 Å². The second-order valence-corrected chi connectivity index (χ2v) is 7.32. The topological polar surface area (TPSA) is 69.8 Å². The Morgan fingerprint density at radius 3 is 2.77 bits per heavy atom. The first-order valence-corrected chi connectivity index (χ1v) is 10.4. The number of guanidine groups is 1. The predicted octanol–water partition coefficient (Wildman–Crippen LogP) is 2.85. The maximum absolute atomic E-state index is 4.68. The van der Waals surface area contributed by atoms with Gasteiger partial charge in [0.2, 0.25) is 0 Å². The van der Waals surface area contributed by atoms with Crippen molar-refractivity contribution in [3.8, 4) is 0 Å². The van der Waals surface area contributed by atoms with E-state index in [-0.39, 0.29) is 24.0 Å². The zero-order valence-electron chi connectivity index (χ0n) is 17.4. The van der Waals surface area contributed by atoms with E-state index >= 15 is 0 Å². The molecular formula is C22H30IN7. The molecule has 4 rings (SSSR count). The third-order valence-corrected chi connectivity index (χ3v) is 5.26. The molecule has 0 amide bonds. The second-order valence-electron chi connectivity index (χ2n) is 7.32. The van der Waals surface area contributed by atoms with Gasteiger partial charge >= 0.3 is 0 Å². The Labute approximate surface area is 195 Å². The van der Waals surface area contributed by atoms with Gasteiger partial charge in [-0.05, 0) is 43.0 Å². The molecule has 2 aromatic heterocycles. The van der Waals surface area contributed by atoms with Crippen LogP contribution in [0.25, 0.3) is 5.65 Å². The smallest absolute Gasteiger partial charge is 0.191 e. The fourth-order valence-corrected chi connectivity index (χ4v) is 3.74. The Hall–Kier alpha value is -2.20. The van der Waals surface area contributed by atoms with E-state index in [9.17, 15) is 0 Å². The first kappa shape index (κ1) is 22.5. The molecule has 1 aliphatic heterocycles. The van der Waals surface area contributed by atoms with Gasteiger partial charge in [0, 0.05) is 38.9 Å². The van der Waals surface area contributed by atoms with Crippen LogP contribution in [0.3, 0.4) is 0 Å². The van der Waals surface area contributed by atoms with Gasteiger partial charge in [-0.2, -0.15) is 0 Å². The minimum atomic E-state index is 0. The van der Waals surface area contributed by atoms with Crippen LogP contribution in [0.4, 0.5) is 0 Å². The van der Waals surface area contributed by atoms with Crippen molar-refractivity contribution in [2.45, 2.75) is 32.9 Å². The Kier molecular flexibility index (Phi) is 8.44.